The quantitative estimate of drug-likeness (QED) is 0.909. The smallest absolute Gasteiger partial charge is 0.119 e. The first kappa shape index (κ1) is 14.9. The summed E-state index contributed by atoms with van der Waals surface area (Å²) in [4.78, 5) is 2.44. The number of benzene rings is 1. The molecule has 0 amide bonds. The van der Waals surface area contributed by atoms with E-state index in [0.29, 0.717) is 0 Å². The summed E-state index contributed by atoms with van der Waals surface area (Å²) in [5.74, 6) is 0.920. The molecule has 0 aromatic heterocycles. The van der Waals surface area contributed by atoms with Crippen molar-refractivity contribution in [2.24, 2.45) is 5.41 Å². The molecular formula is C18H27NO2. The number of ether oxygens (including phenoxy) is 1. The molecule has 1 saturated heterocycles. The second-order valence-corrected chi connectivity index (χ2v) is 7.26. The zero-order valence-corrected chi connectivity index (χ0v) is 13.4. The van der Waals surface area contributed by atoms with Gasteiger partial charge in [-0.05, 0) is 62.4 Å². The van der Waals surface area contributed by atoms with Crippen molar-refractivity contribution < 1.29 is 9.84 Å². The Balaban J connectivity index is 2.07. The number of nitrogens with zero attached hydrogens (tertiary/aromatic N) is 1. The van der Waals surface area contributed by atoms with Crippen LogP contribution in [0.3, 0.4) is 0 Å². The van der Waals surface area contributed by atoms with Crippen LogP contribution in [0.25, 0.3) is 0 Å². The summed E-state index contributed by atoms with van der Waals surface area (Å²) in [7, 11) is 3.94. The van der Waals surface area contributed by atoms with E-state index in [1.54, 1.807) is 7.11 Å². The third-order valence-electron chi connectivity index (χ3n) is 5.93. The second-order valence-electron chi connectivity index (χ2n) is 7.26. The Morgan fingerprint density at radius 1 is 1.33 bits per heavy atom. The number of piperidine rings is 1. The van der Waals surface area contributed by atoms with E-state index >= 15 is 0 Å². The van der Waals surface area contributed by atoms with Crippen molar-refractivity contribution in [3.8, 4) is 5.75 Å². The van der Waals surface area contributed by atoms with Crippen molar-refractivity contribution in [3.63, 3.8) is 0 Å². The summed E-state index contributed by atoms with van der Waals surface area (Å²) < 4.78 is 5.43. The van der Waals surface area contributed by atoms with Crippen molar-refractivity contribution in [2.75, 3.05) is 27.2 Å². The van der Waals surface area contributed by atoms with E-state index < -0.39 is 0 Å². The summed E-state index contributed by atoms with van der Waals surface area (Å²) in [5.41, 5.74) is 1.65. The fourth-order valence-electron chi connectivity index (χ4n) is 4.70. The first-order chi connectivity index (χ1) is 9.99. The molecule has 2 aliphatic rings. The van der Waals surface area contributed by atoms with Gasteiger partial charge >= 0.3 is 0 Å². The molecule has 1 aliphatic carbocycles. The van der Waals surface area contributed by atoms with Crippen LogP contribution in [0.2, 0.25) is 0 Å². The van der Waals surface area contributed by atoms with Crippen LogP contribution in [0.1, 0.15) is 38.2 Å². The molecule has 21 heavy (non-hydrogen) atoms. The molecule has 0 radical (unpaired) electrons. The largest absolute Gasteiger partial charge is 0.497 e. The molecule has 3 atom stereocenters. The van der Waals surface area contributed by atoms with Gasteiger partial charge in [-0.2, -0.15) is 0 Å². The average molecular weight is 289 g/mol. The van der Waals surface area contributed by atoms with E-state index in [-0.39, 0.29) is 16.9 Å². The highest BCUT2D eigenvalue weighted by Crippen LogP contribution is 2.56. The van der Waals surface area contributed by atoms with Crippen molar-refractivity contribution in [2.45, 2.75) is 44.1 Å². The van der Waals surface area contributed by atoms with Crippen molar-refractivity contribution >= 4 is 0 Å². The molecule has 0 spiro atoms. The third-order valence-corrected chi connectivity index (χ3v) is 5.93. The Kier molecular flexibility index (Phi) is 3.74. The van der Waals surface area contributed by atoms with Gasteiger partial charge < -0.3 is 14.7 Å². The van der Waals surface area contributed by atoms with Crippen molar-refractivity contribution in [3.05, 3.63) is 29.8 Å². The fraction of sp³-hybridized carbons (Fsp3) is 0.667. The van der Waals surface area contributed by atoms with E-state index in [9.17, 15) is 5.11 Å². The number of aliphatic hydroxyl groups excluding tert-OH is 1. The maximum atomic E-state index is 10.3. The molecule has 1 heterocycles. The maximum absolute atomic E-state index is 10.3. The predicted octanol–water partition coefficient (Wildman–Crippen LogP) is 2.82. The molecule has 3 heteroatoms. The summed E-state index contributed by atoms with van der Waals surface area (Å²) in [5, 5.41) is 10.3. The zero-order valence-electron chi connectivity index (χ0n) is 13.4. The highest BCUT2D eigenvalue weighted by Gasteiger charge is 2.54. The third kappa shape index (κ3) is 2.36. The number of likely N-dealkylation sites (tertiary alicyclic amines) is 1. The van der Waals surface area contributed by atoms with Crippen LogP contribution in [-0.4, -0.2) is 43.4 Å². The first-order valence-corrected chi connectivity index (χ1v) is 8.00. The second kappa shape index (κ2) is 5.29. The number of fused-ring (bicyclic) bond motifs is 1. The number of methoxy groups -OCH3 is 1. The lowest BCUT2D eigenvalue weighted by Gasteiger charge is -2.58. The first-order valence-electron chi connectivity index (χ1n) is 8.00. The van der Waals surface area contributed by atoms with Gasteiger partial charge in [0.05, 0.1) is 13.2 Å². The Morgan fingerprint density at radius 2 is 2.14 bits per heavy atom. The molecule has 3 nitrogen and oxygen atoms in total. The minimum Gasteiger partial charge on any atom is -0.497 e. The van der Waals surface area contributed by atoms with Crippen LogP contribution in [-0.2, 0) is 5.41 Å². The predicted molar refractivity (Wildman–Crippen MR) is 84.8 cm³/mol. The molecule has 1 unspecified atom stereocenters. The van der Waals surface area contributed by atoms with Crippen LogP contribution in [0.5, 0.6) is 5.75 Å². The maximum Gasteiger partial charge on any atom is 0.119 e. The summed E-state index contributed by atoms with van der Waals surface area (Å²) in [6.07, 6.45) is 3.84. The summed E-state index contributed by atoms with van der Waals surface area (Å²) in [6.45, 7) is 4.62. The molecule has 1 N–H and O–H groups in total. The van der Waals surface area contributed by atoms with Gasteiger partial charge in [0.15, 0.2) is 0 Å². The van der Waals surface area contributed by atoms with E-state index in [1.165, 1.54) is 5.56 Å². The Morgan fingerprint density at radius 3 is 2.90 bits per heavy atom. The SMILES string of the molecule is COc1cccc([C@]23CCN(C)C[C@@]2(C)CCC(O)C3)c1. The van der Waals surface area contributed by atoms with Gasteiger partial charge in [0, 0.05) is 12.0 Å². The lowest BCUT2D eigenvalue weighted by molar-refractivity contribution is -0.0567. The van der Waals surface area contributed by atoms with E-state index in [4.69, 9.17) is 4.74 Å². The Labute approximate surface area is 127 Å². The van der Waals surface area contributed by atoms with Crippen molar-refractivity contribution in [1.82, 2.24) is 4.90 Å². The molecule has 1 aromatic rings. The molecule has 0 bridgehead atoms. The molecule has 1 aromatic carbocycles. The van der Waals surface area contributed by atoms with Gasteiger partial charge in [-0.15, -0.1) is 0 Å². The van der Waals surface area contributed by atoms with Gasteiger partial charge in [0.25, 0.3) is 0 Å². The standard InChI is InChI=1S/C18H27NO2/c1-17-8-7-15(20)12-18(17,9-10-19(2)13-17)14-5-4-6-16(11-14)21-3/h4-6,11,15,20H,7-10,12-13H2,1-3H3/t15?,17-,18-/m1/s1. The Bertz CT molecular complexity index is 518. The monoisotopic (exact) mass is 289 g/mol. The van der Waals surface area contributed by atoms with Gasteiger partial charge in [0.1, 0.15) is 5.75 Å². The van der Waals surface area contributed by atoms with Crippen LogP contribution < -0.4 is 4.74 Å². The number of rotatable bonds is 2. The highest BCUT2D eigenvalue weighted by molar-refractivity contribution is 5.37. The lowest BCUT2D eigenvalue weighted by atomic mass is 9.50. The summed E-state index contributed by atoms with van der Waals surface area (Å²) in [6, 6.07) is 8.50. The molecular weight excluding hydrogens is 262 g/mol. The molecule has 3 rings (SSSR count). The van der Waals surface area contributed by atoms with E-state index in [1.807, 2.05) is 6.07 Å². The van der Waals surface area contributed by atoms with E-state index in [0.717, 1.165) is 44.5 Å². The van der Waals surface area contributed by atoms with Crippen molar-refractivity contribution in [1.29, 1.82) is 0 Å². The lowest BCUT2D eigenvalue weighted by Crippen LogP contribution is -2.59. The van der Waals surface area contributed by atoms with Gasteiger partial charge in [-0.3, -0.25) is 0 Å². The van der Waals surface area contributed by atoms with Crippen LogP contribution in [0, 0.1) is 5.41 Å². The fourth-order valence-corrected chi connectivity index (χ4v) is 4.70. The van der Waals surface area contributed by atoms with Gasteiger partial charge in [0.2, 0.25) is 0 Å². The van der Waals surface area contributed by atoms with Gasteiger partial charge in [-0.1, -0.05) is 19.1 Å². The number of aliphatic hydroxyl groups is 1. The zero-order chi connectivity index (χ0) is 15.1. The molecule has 1 aliphatic heterocycles. The van der Waals surface area contributed by atoms with Crippen LogP contribution >= 0.6 is 0 Å². The van der Waals surface area contributed by atoms with E-state index in [2.05, 4.69) is 37.1 Å². The normalized spacial score (nSPS) is 37.0. The van der Waals surface area contributed by atoms with Crippen LogP contribution in [0.15, 0.2) is 24.3 Å². The topological polar surface area (TPSA) is 32.7 Å². The average Bonchev–Trinajstić information content (AvgIpc) is 2.48. The van der Waals surface area contributed by atoms with Crippen LogP contribution in [0.4, 0.5) is 0 Å². The minimum absolute atomic E-state index is 0.0751. The number of hydrogen-bond acceptors (Lipinski definition) is 3. The highest BCUT2D eigenvalue weighted by atomic mass is 16.5. The molecule has 1 saturated carbocycles. The number of hydrogen-bond donors (Lipinski definition) is 1. The Hall–Kier alpha value is -1.06. The molecule has 2 fully saturated rings. The minimum atomic E-state index is -0.173. The molecule has 116 valence electrons. The summed E-state index contributed by atoms with van der Waals surface area (Å²) >= 11 is 0. The van der Waals surface area contributed by atoms with Gasteiger partial charge in [-0.25, -0.2) is 0 Å².